The summed E-state index contributed by atoms with van der Waals surface area (Å²) < 4.78 is 28.4. The lowest BCUT2D eigenvalue weighted by atomic mass is 10.0. The summed E-state index contributed by atoms with van der Waals surface area (Å²) in [6.07, 6.45) is 6.79. The summed E-state index contributed by atoms with van der Waals surface area (Å²) in [4.78, 5) is 16.5. The fraction of sp³-hybridized carbons (Fsp3) is 0.526. The Morgan fingerprint density at radius 3 is 2.89 bits per heavy atom. The molecule has 8 nitrogen and oxygen atoms in total. The summed E-state index contributed by atoms with van der Waals surface area (Å²) in [5.74, 6) is 1.13. The van der Waals surface area contributed by atoms with E-state index in [-0.39, 0.29) is 23.7 Å². The van der Waals surface area contributed by atoms with E-state index in [2.05, 4.69) is 15.5 Å². The maximum atomic E-state index is 12.4. The van der Waals surface area contributed by atoms with Gasteiger partial charge in [-0.2, -0.15) is 0 Å². The van der Waals surface area contributed by atoms with Gasteiger partial charge in [-0.15, -0.1) is 10.8 Å². The minimum absolute atomic E-state index is 0.0339. The molecule has 0 unspecified atom stereocenters. The molecule has 1 aliphatic carbocycles. The van der Waals surface area contributed by atoms with Crippen molar-refractivity contribution in [2.45, 2.75) is 56.4 Å². The highest BCUT2D eigenvalue weighted by Crippen LogP contribution is 2.49. The third-order valence-electron chi connectivity index (χ3n) is 5.35. The van der Waals surface area contributed by atoms with E-state index in [1.807, 2.05) is 13.0 Å². The predicted octanol–water partition coefficient (Wildman–Crippen LogP) is 3.40. The van der Waals surface area contributed by atoms with E-state index < -0.39 is 10.8 Å². The van der Waals surface area contributed by atoms with E-state index in [0.717, 1.165) is 24.2 Å². The van der Waals surface area contributed by atoms with Crippen molar-refractivity contribution in [2.24, 2.45) is 0 Å². The molecule has 152 valence electrons. The maximum Gasteiger partial charge on any atom is 0.273 e. The molecule has 3 heterocycles. The number of pyridine rings is 1. The number of carbonyl (C=O) groups is 1. The molecule has 1 saturated heterocycles. The Kier molecular flexibility index (Phi) is 5.42. The van der Waals surface area contributed by atoms with Crippen molar-refractivity contribution < 1.29 is 18.4 Å². The van der Waals surface area contributed by atoms with Gasteiger partial charge in [0.1, 0.15) is 5.76 Å². The highest BCUT2D eigenvalue weighted by atomic mass is 32.3. The highest BCUT2D eigenvalue weighted by molar-refractivity contribution is 8.21. The molecule has 2 fully saturated rings. The van der Waals surface area contributed by atoms with Crippen LogP contribution < -0.4 is 5.32 Å². The minimum atomic E-state index is -2.94. The van der Waals surface area contributed by atoms with Gasteiger partial charge >= 0.3 is 0 Å². The van der Waals surface area contributed by atoms with E-state index in [1.54, 1.807) is 28.8 Å². The largest absolute Gasteiger partial charge is 0.360 e. The zero-order chi connectivity index (χ0) is 19.7. The summed E-state index contributed by atoms with van der Waals surface area (Å²) in [5.41, 5.74) is 1.11. The molecule has 1 saturated carbocycles. The molecule has 1 amide bonds. The second-order valence-electron chi connectivity index (χ2n) is 7.71. The smallest absolute Gasteiger partial charge is 0.273 e. The Morgan fingerprint density at radius 2 is 2.21 bits per heavy atom. The van der Waals surface area contributed by atoms with Crippen LogP contribution >= 0.6 is 10.8 Å². The minimum Gasteiger partial charge on any atom is -0.360 e. The van der Waals surface area contributed by atoms with Crippen LogP contribution in [0.2, 0.25) is 0 Å². The lowest BCUT2D eigenvalue weighted by Gasteiger charge is -2.49. The van der Waals surface area contributed by atoms with Crippen molar-refractivity contribution in [1.82, 2.24) is 19.8 Å². The second kappa shape index (κ2) is 7.82. The molecule has 3 N–H and O–H groups in total. The number of rotatable bonds is 6. The van der Waals surface area contributed by atoms with E-state index in [1.165, 1.54) is 0 Å². The SMILES string of the molecule is C[C@@H]1C[C@@H](NC(=O)c2cc(C3CC3)on2)CCN1S(O)(O)Cc1cccnc1. The molecule has 2 aliphatic rings. The number of hydrogen-bond acceptors (Lipinski definition) is 7. The number of carbonyl (C=O) groups excluding carboxylic acids is 1. The molecular formula is C19H26N4O4S. The van der Waals surface area contributed by atoms with E-state index in [0.29, 0.717) is 31.0 Å². The number of aromatic nitrogens is 2. The van der Waals surface area contributed by atoms with Crippen molar-refractivity contribution in [2.75, 3.05) is 6.54 Å². The Balaban J connectivity index is 1.33. The lowest BCUT2D eigenvalue weighted by Crippen LogP contribution is -2.49. The number of amides is 1. The molecule has 0 aromatic carbocycles. The zero-order valence-electron chi connectivity index (χ0n) is 15.8. The third-order valence-corrected chi connectivity index (χ3v) is 7.36. The monoisotopic (exact) mass is 406 g/mol. The molecule has 2 aromatic rings. The van der Waals surface area contributed by atoms with Gasteiger partial charge in [-0.1, -0.05) is 11.2 Å². The van der Waals surface area contributed by atoms with Gasteiger partial charge < -0.3 is 9.84 Å². The molecule has 0 radical (unpaired) electrons. The Morgan fingerprint density at radius 1 is 1.39 bits per heavy atom. The van der Waals surface area contributed by atoms with E-state index in [4.69, 9.17) is 4.52 Å². The van der Waals surface area contributed by atoms with Gasteiger partial charge in [0.05, 0.1) is 5.75 Å². The van der Waals surface area contributed by atoms with Gasteiger partial charge in [0.2, 0.25) is 0 Å². The lowest BCUT2D eigenvalue weighted by molar-refractivity contribution is 0.0903. The van der Waals surface area contributed by atoms with Crippen LogP contribution in [0.1, 0.15) is 60.3 Å². The molecule has 2 atom stereocenters. The average Bonchev–Trinajstić information content (AvgIpc) is 3.38. The van der Waals surface area contributed by atoms with E-state index >= 15 is 0 Å². The van der Waals surface area contributed by atoms with Gasteiger partial charge in [-0.05, 0) is 44.2 Å². The van der Waals surface area contributed by atoms with Crippen molar-refractivity contribution in [3.8, 4) is 0 Å². The molecular weight excluding hydrogens is 380 g/mol. The van der Waals surface area contributed by atoms with Crippen molar-refractivity contribution in [3.63, 3.8) is 0 Å². The van der Waals surface area contributed by atoms with Crippen LogP contribution in [0, 0.1) is 0 Å². The van der Waals surface area contributed by atoms with Crippen LogP contribution in [0.5, 0.6) is 0 Å². The molecule has 1 aliphatic heterocycles. The molecule has 0 spiro atoms. The molecule has 9 heteroatoms. The first-order valence-electron chi connectivity index (χ1n) is 9.61. The fourth-order valence-corrected chi connectivity index (χ4v) is 5.57. The third kappa shape index (κ3) is 4.38. The first-order valence-corrected chi connectivity index (χ1v) is 11.3. The Bertz CT molecular complexity index is 824. The summed E-state index contributed by atoms with van der Waals surface area (Å²) in [6.45, 7) is 2.46. The molecule has 28 heavy (non-hydrogen) atoms. The zero-order valence-corrected chi connectivity index (χ0v) is 16.6. The average molecular weight is 407 g/mol. The van der Waals surface area contributed by atoms with Crippen LogP contribution in [0.3, 0.4) is 0 Å². The quantitative estimate of drug-likeness (QED) is 0.674. The van der Waals surface area contributed by atoms with Crippen LogP contribution in [0.15, 0.2) is 35.1 Å². The van der Waals surface area contributed by atoms with Crippen LogP contribution in [0.4, 0.5) is 0 Å². The summed E-state index contributed by atoms with van der Waals surface area (Å²) in [7, 11) is -2.94. The van der Waals surface area contributed by atoms with Crippen LogP contribution in [0.25, 0.3) is 0 Å². The summed E-state index contributed by atoms with van der Waals surface area (Å²) in [6, 6.07) is 5.26. The first kappa shape index (κ1) is 19.4. The van der Waals surface area contributed by atoms with Crippen molar-refractivity contribution in [1.29, 1.82) is 0 Å². The Hall–Kier alpha value is -1.94. The van der Waals surface area contributed by atoms with Gasteiger partial charge in [-0.3, -0.25) is 18.9 Å². The molecule has 4 rings (SSSR count). The van der Waals surface area contributed by atoms with Crippen molar-refractivity contribution in [3.05, 3.63) is 47.6 Å². The van der Waals surface area contributed by atoms with Crippen LogP contribution in [-0.4, -0.2) is 48.1 Å². The standard InChI is InChI=1S/C19H26N4O4S/c1-13-9-16(21-19(24)17-10-18(27-22-17)15-4-5-15)6-8-23(13)28(25,26)12-14-3-2-7-20-11-14/h2-3,7,10-11,13,15-16,25-26H,4-6,8-9,12H2,1H3,(H,21,24)/t13-,16+/m1/s1. The number of hydrogen-bond donors (Lipinski definition) is 3. The number of nitrogens with one attached hydrogen (secondary N) is 1. The topological polar surface area (TPSA) is 112 Å². The highest BCUT2D eigenvalue weighted by Gasteiger charge is 2.35. The van der Waals surface area contributed by atoms with Crippen molar-refractivity contribution >= 4 is 16.7 Å². The van der Waals surface area contributed by atoms with Crippen LogP contribution in [-0.2, 0) is 5.75 Å². The van der Waals surface area contributed by atoms with Gasteiger partial charge in [0, 0.05) is 43.0 Å². The fourth-order valence-electron chi connectivity index (χ4n) is 3.72. The maximum absolute atomic E-state index is 12.4. The number of piperidine rings is 1. The molecule has 2 aromatic heterocycles. The number of nitrogens with zero attached hydrogens (tertiary/aromatic N) is 3. The predicted molar refractivity (Wildman–Crippen MR) is 106 cm³/mol. The second-order valence-corrected chi connectivity index (χ2v) is 9.73. The van der Waals surface area contributed by atoms with Gasteiger partial charge in [-0.25, -0.2) is 4.31 Å². The first-order chi connectivity index (χ1) is 13.4. The molecule has 0 bridgehead atoms. The van der Waals surface area contributed by atoms with Gasteiger partial charge in [0.25, 0.3) is 5.91 Å². The van der Waals surface area contributed by atoms with Gasteiger partial charge in [0.15, 0.2) is 5.69 Å². The van der Waals surface area contributed by atoms with E-state index in [9.17, 15) is 13.9 Å². The summed E-state index contributed by atoms with van der Waals surface area (Å²) >= 11 is 0. The Labute approximate surface area is 165 Å². The summed E-state index contributed by atoms with van der Waals surface area (Å²) in [5, 5.41) is 6.89. The normalized spacial score (nSPS) is 24.1.